The Morgan fingerprint density at radius 3 is 2.67 bits per heavy atom. The van der Waals surface area contributed by atoms with Gasteiger partial charge >= 0.3 is 0 Å². The van der Waals surface area contributed by atoms with Gasteiger partial charge in [0.25, 0.3) is 0 Å². The van der Waals surface area contributed by atoms with Gasteiger partial charge < -0.3 is 0 Å². The summed E-state index contributed by atoms with van der Waals surface area (Å²) in [7, 11) is 0. The third kappa shape index (κ3) is 1.64. The number of rotatable bonds is 1. The molecule has 1 rings (SSSR count). The molecule has 0 saturated heterocycles. The number of aromatic nitrogens is 2. The van der Waals surface area contributed by atoms with E-state index in [9.17, 15) is 0 Å². The largest absolute Gasteiger partial charge is 0.258 e. The van der Waals surface area contributed by atoms with Gasteiger partial charge in [0.15, 0.2) is 0 Å². The van der Waals surface area contributed by atoms with Gasteiger partial charge in [0.2, 0.25) is 0 Å². The lowest BCUT2D eigenvalue weighted by Gasteiger charge is -1.91. The molecule has 1 aromatic rings. The molecule has 0 aliphatic rings. The molecule has 0 spiro atoms. The highest BCUT2D eigenvalue weighted by atomic mass is 35.5. The molecule has 0 bridgehead atoms. The van der Waals surface area contributed by atoms with Gasteiger partial charge in [-0.2, -0.15) is 0 Å². The zero-order valence-electron chi connectivity index (χ0n) is 5.13. The van der Waals surface area contributed by atoms with Crippen LogP contribution in [0.2, 0.25) is 0 Å². The molecule has 0 unspecified atom stereocenters. The molecule has 0 amide bonds. The van der Waals surface area contributed by atoms with E-state index in [0.717, 1.165) is 11.4 Å². The molecule has 1 heterocycles. The van der Waals surface area contributed by atoms with Gasteiger partial charge in [-0.15, -0.1) is 11.6 Å². The van der Waals surface area contributed by atoms with E-state index in [4.69, 9.17) is 11.6 Å². The highest BCUT2D eigenvalue weighted by Gasteiger charge is 1.89. The average molecular weight is 143 g/mol. The summed E-state index contributed by atoms with van der Waals surface area (Å²) >= 11 is 5.48. The minimum Gasteiger partial charge on any atom is -0.258 e. The quantitative estimate of drug-likeness (QED) is 0.556. The smallest absolute Gasteiger partial charge is 0.0734 e. The molecule has 1 aromatic heterocycles. The summed E-state index contributed by atoms with van der Waals surface area (Å²) in [6.45, 7) is 1.89. The van der Waals surface area contributed by atoms with E-state index >= 15 is 0 Å². The van der Waals surface area contributed by atoms with Crippen molar-refractivity contribution in [3.63, 3.8) is 0 Å². The van der Waals surface area contributed by atoms with E-state index in [1.54, 1.807) is 12.4 Å². The first-order valence-corrected chi connectivity index (χ1v) is 3.20. The van der Waals surface area contributed by atoms with Crippen LogP contribution in [-0.4, -0.2) is 9.97 Å². The number of nitrogens with zero attached hydrogens (tertiary/aromatic N) is 2. The van der Waals surface area contributed by atoms with Crippen LogP contribution in [0.15, 0.2) is 12.4 Å². The molecule has 0 N–H and O–H groups in total. The van der Waals surface area contributed by atoms with Crippen molar-refractivity contribution in [2.24, 2.45) is 0 Å². The Hall–Kier alpha value is -0.630. The number of hydrogen-bond acceptors (Lipinski definition) is 2. The summed E-state index contributed by atoms with van der Waals surface area (Å²) in [5.41, 5.74) is 1.74. The standard InChI is InChI=1S/C6H7ClN2/c1-5-3-9-6(2-7)4-8-5/h3-4H,2H2,1H3. The van der Waals surface area contributed by atoms with Crippen molar-refractivity contribution in [1.82, 2.24) is 9.97 Å². The lowest BCUT2D eigenvalue weighted by molar-refractivity contribution is 1.05. The van der Waals surface area contributed by atoms with Crippen LogP contribution >= 0.6 is 11.6 Å². The Balaban J connectivity index is 2.88. The molecule has 0 aliphatic carbocycles. The molecule has 0 fully saturated rings. The van der Waals surface area contributed by atoms with Gasteiger partial charge in [-0.05, 0) is 6.92 Å². The highest BCUT2D eigenvalue weighted by molar-refractivity contribution is 6.16. The van der Waals surface area contributed by atoms with Crippen molar-refractivity contribution >= 4 is 11.6 Å². The van der Waals surface area contributed by atoms with Crippen molar-refractivity contribution in [3.05, 3.63) is 23.8 Å². The maximum Gasteiger partial charge on any atom is 0.0734 e. The predicted molar refractivity (Wildman–Crippen MR) is 36.3 cm³/mol. The molecule has 9 heavy (non-hydrogen) atoms. The van der Waals surface area contributed by atoms with Gasteiger partial charge in [0.05, 0.1) is 17.3 Å². The normalized spacial score (nSPS) is 9.56. The van der Waals surface area contributed by atoms with Gasteiger partial charge in [-0.1, -0.05) is 0 Å². The molecule has 0 aromatic carbocycles. The molecule has 0 saturated carbocycles. The first-order chi connectivity index (χ1) is 4.33. The first kappa shape index (κ1) is 6.49. The highest BCUT2D eigenvalue weighted by Crippen LogP contribution is 1.96. The van der Waals surface area contributed by atoms with Gasteiger partial charge in [-0.3, -0.25) is 9.97 Å². The van der Waals surface area contributed by atoms with E-state index < -0.39 is 0 Å². The fourth-order valence-electron chi connectivity index (χ4n) is 0.488. The van der Waals surface area contributed by atoms with Crippen LogP contribution in [0, 0.1) is 6.92 Å². The monoisotopic (exact) mass is 142 g/mol. The van der Waals surface area contributed by atoms with E-state index in [-0.39, 0.29) is 0 Å². The second-order valence-electron chi connectivity index (χ2n) is 1.78. The van der Waals surface area contributed by atoms with Crippen molar-refractivity contribution in [3.8, 4) is 0 Å². The fourth-order valence-corrected chi connectivity index (χ4v) is 0.626. The molecule has 2 nitrogen and oxygen atoms in total. The Morgan fingerprint density at radius 2 is 2.22 bits per heavy atom. The SMILES string of the molecule is Cc1cnc(CCl)cn1. The minimum absolute atomic E-state index is 0.438. The van der Waals surface area contributed by atoms with Crippen LogP contribution in [0.25, 0.3) is 0 Å². The van der Waals surface area contributed by atoms with Crippen LogP contribution < -0.4 is 0 Å². The molecule has 0 aliphatic heterocycles. The summed E-state index contributed by atoms with van der Waals surface area (Å²) in [5.74, 6) is 0.438. The summed E-state index contributed by atoms with van der Waals surface area (Å²) < 4.78 is 0. The minimum atomic E-state index is 0.438. The second kappa shape index (κ2) is 2.78. The third-order valence-electron chi connectivity index (χ3n) is 0.971. The van der Waals surface area contributed by atoms with E-state index in [1.807, 2.05) is 6.92 Å². The zero-order valence-corrected chi connectivity index (χ0v) is 5.89. The Kier molecular flexibility index (Phi) is 2.01. The topological polar surface area (TPSA) is 25.8 Å². The zero-order chi connectivity index (χ0) is 6.69. The molecule has 0 atom stereocenters. The van der Waals surface area contributed by atoms with Crippen molar-refractivity contribution in [2.45, 2.75) is 12.8 Å². The van der Waals surface area contributed by atoms with Crippen LogP contribution in [0.1, 0.15) is 11.4 Å². The number of hydrogen-bond donors (Lipinski definition) is 0. The summed E-state index contributed by atoms with van der Waals surface area (Å²) in [6, 6.07) is 0. The van der Waals surface area contributed by atoms with Gasteiger partial charge in [0.1, 0.15) is 0 Å². The van der Waals surface area contributed by atoms with Crippen molar-refractivity contribution < 1.29 is 0 Å². The van der Waals surface area contributed by atoms with Crippen molar-refractivity contribution in [1.29, 1.82) is 0 Å². The van der Waals surface area contributed by atoms with Crippen LogP contribution in [-0.2, 0) is 5.88 Å². The lowest BCUT2D eigenvalue weighted by Crippen LogP contribution is -1.87. The summed E-state index contributed by atoms with van der Waals surface area (Å²) in [6.07, 6.45) is 3.39. The summed E-state index contributed by atoms with van der Waals surface area (Å²) in [5, 5.41) is 0. The Morgan fingerprint density at radius 1 is 1.44 bits per heavy atom. The lowest BCUT2D eigenvalue weighted by atomic mass is 10.4. The van der Waals surface area contributed by atoms with E-state index in [1.165, 1.54) is 0 Å². The second-order valence-corrected chi connectivity index (χ2v) is 2.05. The number of aryl methyl sites for hydroxylation is 1. The van der Waals surface area contributed by atoms with Crippen LogP contribution in [0.4, 0.5) is 0 Å². The molecule has 48 valence electrons. The molecule has 3 heteroatoms. The van der Waals surface area contributed by atoms with Crippen LogP contribution in [0.3, 0.4) is 0 Å². The molecular formula is C6H7ClN2. The predicted octanol–water partition coefficient (Wildman–Crippen LogP) is 1.52. The molecule has 0 radical (unpaired) electrons. The fraction of sp³-hybridized carbons (Fsp3) is 0.333. The van der Waals surface area contributed by atoms with Gasteiger partial charge in [-0.25, -0.2) is 0 Å². The number of halogens is 1. The Labute approximate surface area is 58.9 Å². The first-order valence-electron chi connectivity index (χ1n) is 2.66. The van der Waals surface area contributed by atoms with E-state index in [0.29, 0.717) is 5.88 Å². The molecular weight excluding hydrogens is 136 g/mol. The van der Waals surface area contributed by atoms with Crippen LogP contribution in [0.5, 0.6) is 0 Å². The maximum atomic E-state index is 5.48. The van der Waals surface area contributed by atoms with Gasteiger partial charge in [0, 0.05) is 12.4 Å². The van der Waals surface area contributed by atoms with Crippen molar-refractivity contribution in [2.75, 3.05) is 0 Å². The average Bonchev–Trinajstić information content (AvgIpc) is 1.90. The third-order valence-corrected chi connectivity index (χ3v) is 1.25. The summed E-state index contributed by atoms with van der Waals surface area (Å²) in [4.78, 5) is 8.01. The maximum absolute atomic E-state index is 5.48. The van der Waals surface area contributed by atoms with E-state index in [2.05, 4.69) is 9.97 Å². The Bertz CT molecular complexity index is 183. The number of alkyl halides is 1.